The molecule has 0 radical (unpaired) electrons. The molecule has 1 rings (SSSR count). The molecular weight excluding hydrogens is 254 g/mol. The van der Waals surface area contributed by atoms with Crippen molar-refractivity contribution >= 4 is 21.6 Å². The Hall–Kier alpha value is -1.44. The van der Waals surface area contributed by atoms with Gasteiger partial charge in [-0.1, -0.05) is 19.1 Å². The minimum atomic E-state index is -3.89. The van der Waals surface area contributed by atoms with Crippen LogP contribution in [-0.2, 0) is 14.8 Å². The van der Waals surface area contributed by atoms with Crippen molar-refractivity contribution in [3.05, 3.63) is 24.3 Å². The number of carbonyl (C=O) groups excluding carboxylic acids is 1. The predicted octanol–water partition coefficient (Wildman–Crippen LogP) is 0.400. The lowest BCUT2D eigenvalue weighted by atomic mass is 9.99. The average Bonchev–Trinajstić information content (AvgIpc) is 2.28. The molecular formula is C11H17N3O3S. The average molecular weight is 271 g/mol. The maximum atomic E-state index is 11.9. The maximum absolute atomic E-state index is 11.9. The Kier molecular flexibility index (Phi) is 4.10. The number of hydrogen-bond acceptors (Lipinski definition) is 4. The van der Waals surface area contributed by atoms with Crippen molar-refractivity contribution in [2.24, 2.45) is 10.9 Å². The van der Waals surface area contributed by atoms with Crippen molar-refractivity contribution in [3.63, 3.8) is 0 Å². The maximum Gasteiger partial charge on any atom is 0.244 e. The van der Waals surface area contributed by atoms with E-state index in [0.717, 1.165) is 0 Å². The van der Waals surface area contributed by atoms with Gasteiger partial charge in [0.2, 0.25) is 15.9 Å². The molecule has 0 heterocycles. The molecule has 100 valence electrons. The Balaban J connectivity index is 3.11. The third-order valence-corrected chi connectivity index (χ3v) is 3.66. The van der Waals surface area contributed by atoms with Crippen LogP contribution in [0.1, 0.15) is 20.3 Å². The molecule has 1 atom stereocenters. The Morgan fingerprint density at radius 2 is 1.94 bits per heavy atom. The number of nitrogens with one attached hydrogen (secondary N) is 1. The molecule has 1 unspecified atom stereocenters. The number of benzene rings is 1. The molecule has 6 nitrogen and oxygen atoms in total. The van der Waals surface area contributed by atoms with Crippen LogP contribution in [0.15, 0.2) is 29.2 Å². The van der Waals surface area contributed by atoms with Crippen LogP contribution < -0.4 is 16.2 Å². The minimum absolute atomic E-state index is 0.134. The molecule has 0 bridgehead atoms. The van der Waals surface area contributed by atoms with Crippen molar-refractivity contribution in [2.75, 3.05) is 5.32 Å². The first-order chi connectivity index (χ1) is 8.18. The van der Waals surface area contributed by atoms with Crippen molar-refractivity contribution in [3.8, 4) is 0 Å². The van der Waals surface area contributed by atoms with E-state index in [-0.39, 0.29) is 10.6 Å². The van der Waals surface area contributed by atoms with Crippen molar-refractivity contribution in [2.45, 2.75) is 30.7 Å². The molecule has 18 heavy (non-hydrogen) atoms. The number of rotatable bonds is 4. The lowest BCUT2D eigenvalue weighted by Gasteiger charge is -2.22. The highest BCUT2D eigenvalue weighted by Crippen LogP contribution is 2.20. The quantitative estimate of drug-likeness (QED) is 0.735. The Labute approximate surface area is 106 Å². The van der Waals surface area contributed by atoms with Gasteiger partial charge in [0.05, 0.1) is 11.2 Å². The first-order valence-electron chi connectivity index (χ1n) is 5.40. The topological polar surface area (TPSA) is 115 Å². The normalized spacial score (nSPS) is 14.9. The molecule has 5 N–H and O–H groups in total. The molecule has 0 spiro atoms. The summed E-state index contributed by atoms with van der Waals surface area (Å²) in [5, 5.41) is 7.55. The minimum Gasteiger partial charge on any atom is -0.323 e. The van der Waals surface area contributed by atoms with Crippen LogP contribution in [0.2, 0.25) is 0 Å². The summed E-state index contributed by atoms with van der Waals surface area (Å²) < 4.78 is 22.7. The largest absolute Gasteiger partial charge is 0.323 e. The Morgan fingerprint density at radius 3 is 2.44 bits per heavy atom. The second-order valence-electron chi connectivity index (χ2n) is 4.27. The van der Waals surface area contributed by atoms with Crippen LogP contribution in [0.25, 0.3) is 0 Å². The Bertz CT molecular complexity index is 552. The number of anilines is 1. The van der Waals surface area contributed by atoms with E-state index in [2.05, 4.69) is 5.32 Å². The number of sulfonamides is 1. The van der Waals surface area contributed by atoms with Crippen LogP contribution in [0.5, 0.6) is 0 Å². The first kappa shape index (κ1) is 14.6. The highest BCUT2D eigenvalue weighted by molar-refractivity contribution is 7.89. The van der Waals surface area contributed by atoms with Crippen LogP contribution in [0.3, 0.4) is 0 Å². The summed E-state index contributed by atoms with van der Waals surface area (Å²) in [5.41, 5.74) is 4.84. The number of amides is 1. The van der Waals surface area contributed by atoms with Crippen LogP contribution in [0.4, 0.5) is 5.69 Å². The zero-order chi connectivity index (χ0) is 14.0. The van der Waals surface area contributed by atoms with Crippen molar-refractivity contribution in [1.29, 1.82) is 0 Å². The third kappa shape index (κ3) is 3.28. The SMILES string of the molecule is CCC(C)(N)C(=O)Nc1ccccc1S(N)(=O)=O. The predicted molar refractivity (Wildman–Crippen MR) is 69.3 cm³/mol. The number of primary sulfonamides is 1. The second-order valence-corrected chi connectivity index (χ2v) is 5.80. The van der Waals surface area contributed by atoms with Crippen LogP contribution in [0, 0.1) is 0 Å². The molecule has 0 aliphatic rings. The molecule has 1 amide bonds. The fourth-order valence-electron chi connectivity index (χ4n) is 1.24. The number of hydrogen-bond donors (Lipinski definition) is 3. The lowest BCUT2D eigenvalue weighted by Crippen LogP contribution is -2.48. The molecule has 0 aliphatic heterocycles. The van der Waals surface area contributed by atoms with E-state index in [1.807, 2.05) is 0 Å². The second kappa shape index (κ2) is 5.05. The highest BCUT2D eigenvalue weighted by Gasteiger charge is 2.27. The summed E-state index contributed by atoms with van der Waals surface area (Å²) in [4.78, 5) is 11.7. The van der Waals surface area contributed by atoms with Gasteiger partial charge in [0, 0.05) is 0 Å². The van der Waals surface area contributed by atoms with Crippen LogP contribution >= 0.6 is 0 Å². The molecule has 0 saturated heterocycles. The van der Waals surface area contributed by atoms with E-state index in [9.17, 15) is 13.2 Å². The molecule has 7 heteroatoms. The van der Waals surface area contributed by atoms with Gasteiger partial charge >= 0.3 is 0 Å². The lowest BCUT2D eigenvalue weighted by molar-refractivity contribution is -0.120. The number of nitrogens with two attached hydrogens (primary N) is 2. The monoisotopic (exact) mass is 271 g/mol. The highest BCUT2D eigenvalue weighted by atomic mass is 32.2. The molecule has 1 aromatic rings. The van der Waals surface area contributed by atoms with Crippen LogP contribution in [-0.4, -0.2) is 19.9 Å². The van der Waals surface area contributed by atoms with Gasteiger partial charge in [-0.15, -0.1) is 0 Å². The van der Waals surface area contributed by atoms with Gasteiger partial charge in [0.1, 0.15) is 4.90 Å². The smallest absolute Gasteiger partial charge is 0.244 e. The zero-order valence-corrected chi connectivity index (χ0v) is 11.1. The van der Waals surface area contributed by atoms with Gasteiger partial charge in [-0.05, 0) is 25.5 Å². The first-order valence-corrected chi connectivity index (χ1v) is 6.95. The standard InChI is InChI=1S/C11H17N3O3S/c1-3-11(2,12)10(15)14-8-6-4-5-7-9(8)18(13,16)17/h4-7H,3,12H2,1-2H3,(H,14,15)(H2,13,16,17). The fourth-order valence-corrected chi connectivity index (χ4v) is 1.94. The van der Waals surface area contributed by atoms with Gasteiger partial charge in [-0.2, -0.15) is 0 Å². The van der Waals surface area contributed by atoms with Gasteiger partial charge in [0.15, 0.2) is 0 Å². The van der Waals surface area contributed by atoms with E-state index >= 15 is 0 Å². The van der Waals surface area contributed by atoms with E-state index in [1.165, 1.54) is 18.2 Å². The van der Waals surface area contributed by atoms with Crippen molar-refractivity contribution in [1.82, 2.24) is 0 Å². The summed E-state index contributed by atoms with van der Waals surface area (Å²) in [6.45, 7) is 3.34. The summed E-state index contributed by atoms with van der Waals surface area (Å²) >= 11 is 0. The van der Waals surface area contributed by atoms with Crippen molar-refractivity contribution < 1.29 is 13.2 Å². The molecule has 0 fully saturated rings. The van der Waals surface area contributed by atoms with Gasteiger partial charge in [-0.25, -0.2) is 13.6 Å². The van der Waals surface area contributed by atoms with E-state index in [4.69, 9.17) is 10.9 Å². The van der Waals surface area contributed by atoms with Gasteiger partial charge < -0.3 is 11.1 Å². The van der Waals surface area contributed by atoms with E-state index < -0.39 is 21.5 Å². The zero-order valence-electron chi connectivity index (χ0n) is 10.3. The molecule has 1 aromatic carbocycles. The summed E-state index contributed by atoms with van der Waals surface area (Å²) in [6.07, 6.45) is 0.427. The molecule has 0 aliphatic carbocycles. The summed E-state index contributed by atoms with van der Waals surface area (Å²) in [5.74, 6) is -0.457. The summed E-state index contributed by atoms with van der Waals surface area (Å²) in [6, 6.07) is 5.91. The van der Waals surface area contributed by atoms with Gasteiger partial charge in [-0.3, -0.25) is 4.79 Å². The third-order valence-electron chi connectivity index (χ3n) is 2.69. The summed E-state index contributed by atoms with van der Waals surface area (Å²) in [7, 11) is -3.89. The van der Waals surface area contributed by atoms with Gasteiger partial charge in [0.25, 0.3) is 0 Å². The number of para-hydroxylation sites is 1. The molecule has 0 aromatic heterocycles. The fraction of sp³-hybridized carbons (Fsp3) is 0.364. The Morgan fingerprint density at radius 1 is 1.39 bits per heavy atom. The molecule has 0 saturated carbocycles. The van der Waals surface area contributed by atoms with E-state index in [0.29, 0.717) is 6.42 Å². The number of carbonyl (C=O) groups is 1. The van der Waals surface area contributed by atoms with E-state index in [1.54, 1.807) is 19.9 Å².